The minimum absolute atomic E-state index is 0.386. The zero-order chi connectivity index (χ0) is 26.6. The monoisotopic (exact) mass is 528 g/mol. The van der Waals surface area contributed by atoms with Crippen molar-refractivity contribution in [2.45, 2.75) is 33.0 Å². The van der Waals surface area contributed by atoms with Crippen molar-refractivity contribution in [1.82, 2.24) is 24.9 Å². The molecule has 0 fully saturated rings. The molecule has 11 heteroatoms. The van der Waals surface area contributed by atoms with E-state index in [1.807, 2.05) is 25.1 Å². The molecule has 0 spiro atoms. The van der Waals surface area contributed by atoms with Gasteiger partial charge in [0, 0.05) is 25.1 Å². The van der Waals surface area contributed by atoms with Crippen LogP contribution in [0.25, 0.3) is 31.8 Å². The van der Waals surface area contributed by atoms with E-state index in [0.29, 0.717) is 29.6 Å². The number of aryl methyl sites for hydroxylation is 2. The molecule has 0 bridgehead atoms. The second-order valence-corrected chi connectivity index (χ2v) is 10.3. The molecule has 4 heterocycles. The summed E-state index contributed by atoms with van der Waals surface area (Å²) in [7, 11) is 3.18. The van der Waals surface area contributed by atoms with E-state index in [0.717, 1.165) is 42.9 Å². The zero-order valence-corrected chi connectivity index (χ0v) is 22.3. The second kappa shape index (κ2) is 8.88. The van der Waals surface area contributed by atoms with Crippen molar-refractivity contribution >= 4 is 44.4 Å². The number of nitrogens with zero attached hydrogens (tertiary/aromatic N) is 6. The van der Waals surface area contributed by atoms with E-state index in [9.17, 15) is 4.79 Å². The zero-order valence-electron chi connectivity index (χ0n) is 21.5. The molecule has 6 rings (SSSR count). The maximum Gasteiger partial charge on any atom is 0.417 e. The largest absolute Gasteiger partial charge is 0.480 e. The van der Waals surface area contributed by atoms with Gasteiger partial charge >= 0.3 is 6.09 Å². The molecule has 192 valence electrons. The fraction of sp³-hybridized carbons (Fsp3) is 0.259. The number of fused-ring (bicyclic) bond motifs is 4. The van der Waals surface area contributed by atoms with Gasteiger partial charge in [0.1, 0.15) is 16.6 Å². The summed E-state index contributed by atoms with van der Waals surface area (Å²) in [4.78, 5) is 36.6. The molecule has 1 atom stereocenters. The van der Waals surface area contributed by atoms with Crippen LogP contribution in [0, 0.1) is 13.8 Å². The topological polar surface area (TPSA) is 112 Å². The molecule has 0 radical (unpaired) electrons. The molecule has 0 unspecified atom stereocenters. The highest BCUT2D eigenvalue weighted by atomic mass is 32.1. The van der Waals surface area contributed by atoms with Crippen molar-refractivity contribution in [3.05, 3.63) is 59.8 Å². The number of amides is 1. The van der Waals surface area contributed by atoms with Gasteiger partial charge in [0.25, 0.3) is 5.79 Å². The van der Waals surface area contributed by atoms with E-state index >= 15 is 0 Å². The third kappa shape index (κ3) is 4.14. The maximum absolute atomic E-state index is 12.9. The summed E-state index contributed by atoms with van der Waals surface area (Å²) in [6, 6.07) is 7.84. The quantitative estimate of drug-likeness (QED) is 0.309. The fourth-order valence-electron chi connectivity index (χ4n) is 4.48. The number of anilines is 1. The summed E-state index contributed by atoms with van der Waals surface area (Å²) < 4.78 is 18.2. The van der Waals surface area contributed by atoms with Crippen LogP contribution in [0.5, 0.6) is 11.6 Å². The molecule has 5 aromatic rings. The first-order chi connectivity index (χ1) is 18.2. The van der Waals surface area contributed by atoms with Crippen LogP contribution in [-0.4, -0.2) is 51.0 Å². The van der Waals surface area contributed by atoms with Gasteiger partial charge in [-0.05, 0) is 43.7 Å². The Hall–Kier alpha value is -4.38. The summed E-state index contributed by atoms with van der Waals surface area (Å²) in [5, 5.41) is 0.825. The molecule has 10 nitrogen and oxygen atoms in total. The van der Waals surface area contributed by atoms with E-state index in [2.05, 4.69) is 26.0 Å². The minimum Gasteiger partial charge on any atom is -0.480 e. The van der Waals surface area contributed by atoms with E-state index in [1.54, 1.807) is 57.9 Å². The van der Waals surface area contributed by atoms with Crippen molar-refractivity contribution in [3.63, 3.8) is 0 Å². The number of rotatable bonds is 4. The Morgan fingerprint density at radius 2 is 1.87 bits per heavy atom. The van der Waals surface area contributed by atoms with Crippen LogP contribution in [0.1, 0.15) is 23.9 Å². The van der Waals surface area contributed by atoms with Gasteiger partial charge in [-0.15, -0.1) is 11.3 Å². The lowest BCUT2D eigenvalue weighted by Crippen LogP contribution is -2.41. The average Bonchev–Trinajstić information content (AvgIpc) is 3.48. The molecule has 38 heavy (non-hydrogen) atoms. The molecule has 1 aliphatic heterocycles. The van der Waals surface area contributed by atoms with Gasteiger partial charge in [-0.1, -0.05) is 0 Å². The number of methoxy groups -OCH3 is 1. The number of carbonyl (C=O) groups excluding carboxylic acids is 1. The van der Waals surface area contributed by atoms with Crippen molar-refractivity contribution in [3.8, 4) is 22.2 Å². The SMILES string of the molecule is COc1cnc2c(-c3nc4ccc5c(c4s3)C[C@@](C)(OC(=O)N(C)c3cnc(C)nc3)O5)cc(C)cc2n1. The van der Waals surface area contributed by atoms with Crippen molar-refractivity contribution in [1.29, 1.82) is 0 Å². The van der Waals surface area contributed by atoms with Crippen molar-refractivity contribution < 1.29 is 19.0 Å². The van der Waals surface area contributed by atoms with Crippen molar-refractivity contribution in [2.75, 3.05) is 19.1 Å². The number of hydrogen-bond donors (Lipinski definition) is 0. The lowest BCUT2D eigenvalue weighted by atomic mass is 10.1. The lowest BCUT2D eigenvalue weighted by Gasteiger charge is -2.27. The lowest BCUT2D eigenvalue weighted by molar-refractivity contribution is -0.107. The molecule has 1 aliphatic rings. The highest BCUT2D eigenvalue weighted by Crippen LogP contribution is 2.44. The molecule has 2 aromatic carbocycles. The Kier molecular flexibility index (Phi) is 5.60. The molecular weight excluding hydrogens is 504 g/mol. The van der Waals surface area contributed by atoms with Crippen LogP contribution in [0.4, 0.5) is 10.5 Å². The van der Waals surface area contributed by atoms with E-state index in [4.69, 9.17) is 19.2 Å². The minimum atomic E-state index is -1.17. The summed E-state index contributed by atoms with van der Waals surface area (Å²) in [6.45, 7) is 5.56. The van der Waals surface area contributed by atoms with Gasteiger partial charge < -0.3 is 14.2 Å². The van der Waals surface area contributed by atoms with Crippen LogP contribution >= 0.6 is 11.3 Å². The summed E-state index contributed by atoms with van der Waals surface area (Å²) in [5.74, 6) is 0.580. The van der Waals surface area contributed by atoms with Crippen LogP contribution in [0.3, 0.4) is 0 Å². The molecule has 3 aromatic heterocycles. The third-order valence-electron chi connectivity index (χ3n) is 6.38. The summed E-state index contributed by atoms with van der Waals surface area (Å²) >= 11 is 1.56. The highest BCUT2D eigenvalue weighted by Gasteiger charge is 2.41. The maximum atomic E-state index is 12.9. The average molecular weight is 529 g/mol. The molecular formula is C27H24N6O4S. The number of carbonyl (C=O) groups is 1. The van der Waals surface area contributed by atoms with Gasteiger partial charge in [0.2, 0.25) is 5.88 Å². The summed E-state index contributed by atoms with van der Waals surface area (Å²) in [5.41, 5.74) is 5.77. The van der Waals surface area contributed by atoms with E-state index in [1.165, 1.54) is 4.90 Å². The standard InChI is InChI=1S/C27H24N6O4S/c1-14-8-17(23-20(9-14)31-22(35-5)13-30-23)25-32-19-6-7-21-18(24(19)38-25)10-27(3,36-21)37-26(34)33(4)16-11-28-15(2)29-12-16/h6-9,11-13H,10H2,1-5H3/t27-/m1/s1. The Balaban J connectivity index is 1.32. The van der Waals surface area contributed by atoms with Crippen LogP contribution in [0.2, 0.25) is 0 Å². The number of benzene rings is 2. The Labute approximate surface area is 222 Å². The van der Waals surface area contributed by atoms with Crippen LogP contribution < -0.4 is 14.4 Å². The van der Waals surface area contributed by atoms with Gasteiger partial charge in [-0.25, -0.2) is 29.7 Å². The molecule has 0 N–H and O–H groups in total. The van der Waals surface area contributed by atoms with Gasteiger partial charge in [0.05, 0.1) is 59.1 Å². The molecule has 0 aliphatic carbocycles. The molecule has 1 amide bonds. The van der Waals surface area contributed by atoms with E-state index < -0.39 is 11.9 Å². The van der Waals surface area contributed by atoms with E-state index in [-0.39, 0.29) is 0 Å². The van der Waals surface area contributed by atoms with Crippen molar-refractivity contribution in [2.24, 2.45) is 0 Å². The van der Waals surface area contributed by atoms with Crippen LogP contribution in [0.15, 0.2) is 42.9 Å². The molecule has 0 saturated carbocycles. The number of thiazole rings is 1. The van der Waals surface area contributed by atoms with Gasteiger partial charge in [-0.2, -0.15) is 0 Å². The second-order valence-electron chi connectivity index (χ2n) is 9.33. The van der Waals surface area contributed by atoms with Gasteiger partial charge in [0.15, 0.2) is 0 Å². The highest BCUT2D eigenvalue weighted by molar-refractivity contribution is 7.22. The number of hydrogen-bond acceptors (Lipinski definition) is 10. The number of aromatic nitrogens is 5. The third-order valence-corrected chi connectivity index (χ3v) is 7.55. The van der Waals surface area contributed by atoms with Gasteiger partial charge in [-0.3, -0.25) is 4.90 Å². The number of ether oxygens (including phenoxy) is 3. The summed E-state index contributed by atoms with van der Waals surface area (Å²) in [6.07, 6.45) is 4.59. The first-order valence-electron chi connectivity index (χ1n) is 11.9. The smallest absolute Gasteiger partial charge is 0.417 e. The predicted molar refractivity (Wildman–Crippen MR) is 144 cm³/mol. The Bertz CT molecular complexity index is 1720. The first kappa shape index (κ1) is 24.0. The molecule has 0 saturated heterocycles. The Morgan fingerprint density at radius 1 is 1.08 bits per heavy atom. The first-order valence-corrected chi connectivity index (χ1v) is 12.7. The Morgan fingerprint density at radius 3 is 2.63 bits per heavy atom. The van der Waals surface area contributed by atoms with Crippen LogP contribution in [-0.2, 0) is 11.2 Å². The fourth-order valence-corrected chi connectivity index (χ4v) is 5.60. The normalized spacial score (nSPS) is 16.3. The predicted octanol–water partition coefficient (Wildman–Crippen LogP) is 5.25.